The van der Waals surface area contributed by atoms with Crippen LogP contribution in [0.3, 0.4) is 0 Å². The Morgan fingerprint density at radius 1 is 0.939 bits per heavy atom. The molecular formula is C27H20N2O3S. The van der Waals surface area contributed by atoms with E-state index in [2.05, 4.69) is 12.1 Å². The molecule has 5 aromatic rings. The van der Waals surface area contributed by atoms with Crippen molar-refractivity contribution in [3.05, 3.63) is 104 Å². The molecule has 0 saturated carbocycles. The van der Waals surface area contributed by atoms with Crippen LogP contribution in [0.25, 0.3) is 21.2 Å². The molecule has 3 heterocycles. The third kappa shape index (κ3) is 2.94. The minimum atomic E-state index is -0.600. The summed E-state index contributed by atoms with van der Waals surface area (Å²) in [6, 6.07) is 18.6. The molecule has 0 radical (unpaired) electrons. The summed E-state index contributed by atoms with van der Waals surface area (Å²) in [5.74, 6) is -0.246. The van der Waals surface area contributed by atoms with Gasteiger partial charge < -0.3 is 4.42 Å². The van der Waals surface area contributed by atoms with E-state index >= 15 is 0 Å². The number of anilines is 1. The number of carbonyl (C=O) groups excluding carboxylic acids is 1. The lowest BCUT2D eigenvalue weighted by molar-refractivity contribution is 0.0971. The standard InChI is InChI=1S/C27H20N2O3S/c1-14-9-10-19-18(12-14)24(30)21-23(17-7-5-4-6-8-17)29(26(31)25(21)32-19)27-28-22-16(3)11-15(2)13-20(22)33-27/h4-13,23H,1-3H3/t23-/m1/s1. The number of amides is 1. The molecule has 33 heavy (non-hydrogen) atoms. The molecule has 6 rings (SSSR count). The minimum Gasteiger partial charge on any atom is -0.450 e. The summed E-state index contributed by atoms with van der Waals surface area (Å²) < 4.78 is 7.07. The average Bonchev–Trinajstić information content (AvgIpc) is 3.34. The minimum absolute atomic E-state index is 0.0948. The van der Waals surface area contributed by atoms with Gasteiger partial charge in [0, 0.05) is 0 Å². The zero-order chi connectivity index (χ0) is 22.9. The molecule has 162 valence electrons. The molecule has 1 atom stereocenters. The van der Waals surface area contributed by atoms with Crippen LogP contribution in [0.4, 0.5) is 5.13 Å². The zero-order valence-electron chi connectivity index (χ0n) is 18.4. The molecule has 6 heteroatoms. The highest BCUT2D eigenvalue weighted by atomic mass is 32.1. The van der Waals surface area contributed by atoms with Crippen LogP contribution < -0.4 is 10.3 Å². The number of benzene rings is 3. The van der Waals surface area contributed by atoms with E-state index in [-0.39, 0.29) is 17.1 Å². The summed E-state index contributed by atoms with van der Waals surface area (Å²) in [5, 5.41) is 1.05. The maximum atomic E-state index is 13.7. The fourth-order valence-corrected chi connectivity index (χ4v) is 5.87. The van der Waals surface area contributed by atoms with Crippen LogP contribution in [0.1, 0.15) is 44.4 Å². The highest BCUT2D eigenvalue weighted by Crippen LogP contribution is 2.44. The summed E-state index contributed by atoms with van der Waals surface area (Å²) in [4.78, 5) is 33.9. The van der Waals surface area contributed by atoms with Crippen LogP contribution in [0.2, 0.25) is 0 Å². The van der Waals surface area contributed by atoms with Gasteiger partial charge in [0.15, 0.2) is 10.6 Å². The summed E-state index contributed by atoms with van der Waals surface area (Å²) in [5.41, 5.74) is 5.50. The van der Waals surface area contributed by atoms with Crippen LogP contribution in [-0.4, -0.2) is 10.9 Å². The summed E-state index contributed by atoms with van der Waals surface area (Å²) in [6.45, 7) is 6.00. The van der Waals surface area contributed by atoms with E-state index in [1.54, 1.807) is 11.0 Å². The van der Waals surface area contributed by atoms with Crippen molar-refractivity contribution in [1.82, 2.24) is 4.98 Å². The fourth-order valence-electron chi connectivity index (χ4n) is 4.70. The number of rotatable bonds is 2. The van der Waals surface area contributed by atoms with Crippen molar-refractivity contribution in [3.63, 3.8) is 0 Å². The Labute approximate surface area is 193 Å². The van der Waals surface area contributed by atoms with Gasteiger partial charge in [0.25, 0.3) is 5.91 Å². The lowest BCUT2D eigenvalue weighted by Gasteiger charge is -2.22. The number of aryl methyl sites for hydroxylation is 3. The maximum Gasteiger partial charge on any atom is 0.297 e. The summed E-state index contributed by atoms with van der Waals surface area (Å²) >= 11 is 1.46. The molecule has 3 aromatic carbocycles. The Morgan fingerprint density at radius 2 is 1.73 bits per heavy atom. The lowest BCUT2D eigenvalue weighted by atomic mass is 9.98. The van der Waals surface area contributed by atoms with Crippen LogP contribution >= 0.6 is 11.3 Å². The molecule has 0 bridgehead atoms. The third-order valence-electron chi connectivity index (χ3n) is 6.17. The number of thiazole rings is 1. The van der Waals surface area contributed by atoms with E-state index < -0.39 is 6.04 Å². The van der Waals surface area contributed by atoms with Crippen molar-refractivity contribution in [3.8, 4) is 0 Å². The van der Waals surface area contributed by atoms with E-state index in [1.165, 1.54) is 11.3 Å². The van der Waals surface area contributed by atoms with Gasteiger partial charge in [-0.3, -0.25) is 14.5 Å². The summed E-state index contributed by atoms with van der Waals surface area (Å²) in [6.07, 6.45) is 0. The van der Waals surface area contributed by atoms with Gasteiger partial charge >= 0.3 is 0 Å². The molecule has 0 fully saturated rings. The molecule has 2 aromatic heterocycles. The zero-order valence-corrected chi connectivity index (χ0v) is 19.2. The largest absolute Gasteiger partial charge is 0.450 e. The first kappa shape index (κ1) is 19.9. The molecule has 1 amide bonds. The number of nitrogens with zero attached hydrogens (tertiary/aromatic N) is 2. The SMILES string of the molecule is Cc1cc(C)c2nc(N3C(=O)c4oc5ccc(C)cc5c(=O)c4[C@H]3c3ccccc3)sc2c1. The smallest absolute Gasteiger partial charge is 0.297 e. The van der Waals surface area contributed by atoms with Crippen molar-refractivity contribution in [2.75, 3.05) is 4.90 Å². The van der Waals surface area contributed by atoms with Crippen molar-refractivity contribution >= 4 is 43.6 Å². The number of hydrogen-bond acceptors (Lipinski definition) is 5. The Kier molecular flexibility index (Phi) is 4.29. The number of carbonyl (C=O) groups is 1. The molecule has 0 spiro atoms. The van der Waals surface area contributed by atoms with Gasteiger partial charge in [-0.1, -0.05) is 59.4 Å². The van der Waals surface area contributed by atoms with E-state index in [0.717, 1.165) is 32.5 Å². The highest BCUT2D eigenvalue weighted by molar-refractivity contribution is 7.22. The van der Waals surface area contributed by atoms with Crippen molar-refractivity contribution in [1.29, 1.82) is 0 Å². The highest BCUT2D eigenvalue weighted by Gasteiger charge is 2.45. The van der Waals surface area contributed by atoms with Crippen LogP contribution in [0, 0.1) is 20.8 Å². The Hall–Kier alpha value is -3.77. The normalized spacial score (nSPS) is 15.5. The predicted octanol–water partition coefficient (Wildman–Crippen LogP) is 6.08. The average molecular weight is 453 g/mol. The van der Waals surface area contributed by atoms with E-state index in [9.17, 15) is 9.59 Å². The van der Waals surface area contributed by atoms with Crippen molar-refractivity contribution in [2.24, 2.45) is 0 Å². The molecule has 0 N–H and O–H groups in total. The van der Waals surface area contributed by atoms with Gasteiger partial charge in [-0.25, -0.2) is 4.98 Å². The molecule has 0 saturated heterocycles. The van der Waals surface area contributed by atoms with Gasteiger partial charge in [-0.05, 0) is 55.7 Å². The second-order valence-electron chi connectivity index (χ2n) is 8.59. The topological polar surface area (TPSA) is 63.4 Å². The van der Waals surface area contributed by atoms with Gasteiger partial charge in [0.1, 0.15) is 5.58 Å². The maximum absolute atomic E-state index is 13.7. The van der Waals surface area contributed by atoms with Crippen molar-refractivity contribution < 1.29 is 9.21 Å². The molecule has 5 nitrogen and oxygen atoms in total. The Bertz CT molecular complexity index is 1650. The van der Waals surface area contributed by atoms with Crippen LogP contribution in [0.5, 0.6) is 0 Å². The van der Waals surface area contributed by atoms with Gasteiger partial charge in [0.05, 0.1) is 27.2 Å². The van der Waals surface area contributed by atoms with Crippen LogP contribution in [0.15, 0.2) is 69.9 Å². The lowest BCUT2D eigenvalue weighted by Crippen LogP contribution is -2.29. The molecule has 1 aliphatic heterocycles. The number of fused-ring (bicyclic) bond motifs is 3. The first-order valence-electron chi connectivity index (χ1n) is 10.8. The number of aromatic nitrogens is 1. The summed E-state index contributed by atoms with van der Waals surface area (Å²) in [7, 11) is 0. The van der Waals surface area contributed by atoms with E-state index in [0.29, 0.717) is 21.7 Å². The predicted molar refractivity (Wildman–Crippen MR) is 131 cm³/mol. The Morgan fingerprint density at radius 3 is 2.52 bits per heavy atom. The van der Waals surface area contributed by atoms with Crippen LogP contribution in [-0.2, 0) is 0 Å². The van der Waals surface area contributed by atoms with Gasteiger partial charge in [0.2, 0.25) is 5.76 Å². The monoisotopic (exact) mass is 452 g/mol. The first-order valence-corrected chi connectivity index (χ1v) is 11.6. The first-order chi connectivity index (χ1) is 15.9. The second kappa shape index (κ2) is 7.12. The quantitative estimate of drug-likeness (QED) is 0.326. The third-order valence-corrected chi connectivity index (χ3v) is 7.17. The van der Waals surface area contributed by atoms with Crippen molar-refractivity contribution in [2.45, 2.75) is 26.8 Å². The Balaban J connectivity index is 1.65. The number of hydrogen-bond donors (Lipinski definition) is 0. The molecule has 0 aliphatic carbocycles. The molecular weight excluding hydrogens is 432 g/mol. The second-order valence-corrected chi connectivity index (χ2v) is 9.60. The van der Waals surface area contributed by atoms with Gasteiger partial charge in [-0.2, -0.15) is 0 Å². The van der Waals surface area contributed by atoms with E-state index in [1.807, 2.05) is 63.2 Å². The molecule has 1 aliphatic rings. The fraction of sp³-hybridized carbons (Fsp3) is 0.148. The van der Waals surface area contributed by atoms with Gasteiger partial charge in [-0.15, -0.1) is 0 Å². The van der Waals surface area contributed by atoms with E-state index in [4.69, 9.17) is 9.40 Å². The molecule has 0 unspecified atom stereocenters.